The molecule has 156 valence electrons. The molecule has 1 amide bonds. The standard InChI is InChI=1S/C18H22N4O5S2/c1-12-8-13(2)20-18(19-12)28-11-17(24)27-10-16(23)21-14-6-5-7-15(9-14)29(25,26)22(3)4/h5-9H,10-11H2,1-4H3,(H,21,23). The minimum absolute atomic E-state index is 0.0350. The molecule has 0 unspecified atom stereocenters. The molecule has 29 heavy (non-hydrogen) atoms. The Kier molecular flexibility index (Phi) is 7.71. The second-order valence-electron chi connectivity index (χ2n) is 6.25. The van der Waals surface area contributed by atoms with Gasteiger partial charge in [-0.2, -0.15) is 0 Å². The zero-order chi connectivity index (χ0) is 21.6. The van der Waals surface area contributed by atoms with Crippen molar-refractivity contribution in [3.8, 4) is 0 Å². The molecular weight excluding hydrogens is 416 g/mol. The van der Waals surface area contributed by atoms with Crippen molar-refractivity contribution in [3.05, 3.63) is 41.7 Å². The van der Waals surface area contributed by atoms with Gasteiger partial charge in [0.2, 0.25) is 10.0 Å². The highest BCUT2D eigenvalue weighted by Crippen LogP contribution is 2.18. The Morgan fingerprint density at radius 2 is 1.79 bits per heavy atom. The van der Waals surface area contributed by atoms with Gasteiger partial charge in [0.05, 0.1) is 10.6 Å². The van der Waals surface area contributed by atoms with Crippen molar-refractivity contribution in [1.29, 1.82) is 0 Å². The first-order valence-electron chi connectivity index (χ1n) is 8.51. The molecule has 0 aliphatic heterocycles. The largest absolute Gasteiger partial charge is 0.455 e. The quantitative estimate of drug-likeness (QED) is 0.375. The molecule has 1 heterocycles. The lowest BCUT2D eigenvalue weighted by atomic mass is 10.3. The summed E-state index contributed by atoms with van der Waals surface area (Å²) in [5.74, 6) is -1.20. The predicted octanol–water partition coefficient (Wildman–Crippen LogP) is 1.62. The molecule has 9 nitrogen and oxygen atoms in total. The van der Waals surface area contributed by atoms with E-state index < -0.39 is 28.5 Å². The van der Waals surface area contributed by atoms with E-state index in [0.29, 0.717) is 5.16 Å². The van der Waals surface area contributed by atoms with Gasteiger partial charge in [-0.05, 0) is 38.1 Å². The summed E-state index contributed by atoms with van der Waals surface area (Å²) in [6.45, 7) is 3.18. The molecule has 0 aliphatic carbocycles. The minimum atomic E-state index is -3.62. The van der Waals surface area contributed by atoms with E-state index in [1.165, 1.54) is 32.3 Å². The molecule has 0 fully saturated rings. The lowest BCUT2D eigenvalue weighted by Gasteiger charge is -2.12. The summed E-state index contributed by atoms with van der Waals surface area (Å²) < 4.78 is 30.3. The van der Waals surface area contributed by atoms with Gasteiger partial charge in [-0.3, -0.25) is 9.59 Å². The van der Waals surface area contributed by atoms with Crippen molar-refractivity contribution < 1.29 is 22.7 Å². The van der Waals surface area contributed by atoms with Gasteiger partial charge in [-0.1, -0.05) is 17.8 Å². The Hall–Kier alpha value is -2.50. The van der Waals surface area contributed by atoms with Crippen LogP contribution in [-0.2, 0) is 24.3 Å². The summed E-state index contributed by atoms with van der Waals surface area (Å²) in [6, 6.07) is 7.64. The number of thioether (sulfide) groups is 1. The Morgan fingerprint density at radius 3 is 2.41 bits per heavy atom. The fourth-order valence-corrected chi connectivity index (χ4v) is 3.91. The van der Waals surface area contributed by atoms with Gasteiger partial charge >= 0.3 is 5.97 Å². The van der Waals surface area contributed by atoms with Crippen molar-refractivity contribution in [2.75, 3.05) is 31.8 Å². The van der Waals surface area contributed by atoms with Gasteiger partial charge in [-0.15, -0.1) is 0 Å². The van der Waals surface area contributed by atoms with Gasteiger partial charge in [0.15, 0.2) is 11.8 Å². The number of carbonyl (C=O) groups excluding carboxylic acids is 2. The maximum Gasteiger partial charge on any atom is 0.316 e. The van der Waals surface area contributed by atoms with E-state index in [4.69, 9.17) is 4.74 Å². The lowest BCUT2D eigenvalue weighted by molar-refractivity contribution is -0.144. The molecule has 0 spiro atoms. The van der Waals surface area contributed by atoms with Crippen molar-refractivity contribution in [2.24, 2.45) is 0 Å². The number of hydrogen-bond donors (Lipinski definition) is 1. The number of nitrogens with zero attached hydrogens (tertiary/aromatic N) is 3. The first kappa shape index (κ1) is 22.8. The molecule has 1 aromatic carbocycles. The van der Waals surface area contributed by atoms with E-state index >= 15 is 0 Å². The Bertz CT molecular complexity index is 989. The van der Waals surface area contributed by atoms with Crippen molar-refractivity contribution in [1.82, 2.24) is 14.3 Å². The van der Waals surface area contributed by atoms with Crippen LogP contribution in [0.2, 0.25) is 0 Å². The van der Waals surface area contributed by atoms with Crippen molar-refractivity contribution in [2.45, 2.75) is 23.9 Å². The molecule has 0 atom stereocenters. The first-order valence-corrected chi connectivity index (χ1v) is 10.9. The van der Waals surface area contributed by atoms with Crippen LogP contribution in [0.4, 0.5) is 5.69 Å². The molecule has 2 rings (SSSR count). The van der Waals surface area contributed by atoms with Crippen LogP contribution in [-0.4, -0.2) is 61.0 Å². The topological polar surface area (TPSA) is 119 Å². The summed E-state index contributed by atoms with van der Waals surface area (Å²) in [5, 5.41) is 2.97. The zero-order valence-electron chi connectivity index (χ0n) is 16.5. The monoisotopic (exact) mass is 438 g/mol. The van der Waals surface area contributed by atoms with Crippen molar-refractivity contribution >= 4 is 39.3 Å². The van der Waals surface area contributed by atoms with Crippen LogP contribution in [0.25, 0.3) is 0 Å². The van der Waals surface area contributed by atoms with Crippen LogP contribution in [0.15, 0.2) is 40.4 Å². The molecule has 2 aromatic rings. The smallest absolute Gasteiger partial charge is 0.316 e. The highest BCUT2D eigenvalue weighted by Gasteiger charge is 2.18. The number of anilines is 1. The maximum atomic E-state index is 12.1. The van der Waals surface area contributed by atoms with Crippen LogP contribution in [0.3, 0.4) is 0 Å². The van der Waals surface area contributed by atoms with Gasteiger partial charge in [-0.25, -0.2) is 22.7 Å². The molecule has 0 saturated carbocycles. The number of hydrogen-bond acceptors (Lipinski definition) is 8. The molecule has 1 N–H and O–H groups in total. The van der Waals surface area contributed by atoms with E-state index in [2.05, 4.69) is 15.3 Å². The number of ether oxygens (including phenoxy) is 1. The number of sulfonamides is 1. The number of rotatable bonds is 8. The van der Waals surface area contributed by atoms with Gasteiger partial charge < -0.3 is 10.1 Å². The normalized spacial score (nSPS) is 11.3. The number of nitrogens with one attached hydrogen (secondary N) is 1. The summed E-state index contributed by atoms with van der Waals surface area (Å²) >= 11 is 1.12. The van der Waals surface area contributed by atoms with E-state index in [1.807, 2.05) is 19.9 Å². The third kappa shape index (κ3) is 6.80. The first-order chi connectivity index (χ1) is 13.6. The third-order valence-corrected chi connectivity index (χ3v) is 6.17. The summed E-state index contributed by atoms with van der Waals surface area (Å²) in [5.41, 5.74) is 1.88. The number of aryl methyl sites for hydroxylation is 2. The van der Waals surface area contributed by atoms with Crippen LogP contribution in [0, 0.1) is 13.8 Å². The molecule has 0 radical (unpaired) electrons. The number of carbonyl (C=O) groups is 2. The van der Waals surface area contributed by atoms with Gasteiger partial charge in [0.1, 0.15) is 0 Å². The van der Waals surface area contributed by atoms with Crippen LogP contribution in [0.5, 0.6) is 0 Å². The third-order valence-electron chi connectivity index (χ3n) is 3.54. The SMILES string of the molecule is Cc1cc(C)nc(SCC(=O)OCC(=O)Nc2cccc(S(=O)(=O)N(C)C)c2)n1. The highest BCUT2D eigenvalue weighted by atomic mass is 32.2. The minimum Gasteiger partial charge on any atom is -0.455 e. The van der Waals surface area contributed by atoms with Crippen LogP contribution < -0.4 is 5.32 Å². The Balaban J connectivity index is 1.86. The molecule has 0 aliphatic rings. The fourth-order valence-electron chi connectivity index (χ4n) is 2.21. The maximum absolute atomic E-state index is 12.1. The second kappa shape index (κ2) is 9.81. The average molecular weight is 439 g/mol. The van der Waals surface area contributed by atoms with E-state index in [9.17, 15) is 18.0 Å². The van der Waals surface area contributed by atoms with Gasteiger partial charge in [0.25, 0.3) is 5.91 Å². The molecule has 0 saturated heterocycles. The number of amides is 1. The average Bonchev–Trinajstić information content (AvgIpc) is 2.64. The van der Waals surface area contributed by atoms with Crippen molar-refractivity contribution in [3.63, 3.8) is 0 Å². The highest BCUT2D eigenvalue weighted by molar-refractivity contribution is 7.99. The van der Waals surface area contributed by atoms with Crippen LogP contribution >= 0.6 is 11.8 Å². The van der Waals surface area contributed by atoms with E-state index in [-0.39, 0.29) is 16.3 Å². The second-order valence-corrected chi connectivity index (χ2v) is 9.34. The number of benzene rings is 1. The lowest BCUT2D eigenvalue weighted by Crippen LogP contribution is -2.23. The van der Waals surface area contributed by atoms with E-state index in [1.54, 1.807) is 6.07 Å². The summed E-state index contributed by atoms with van der Waals surface area (Å²) in [7, 11) is -0.783. The predicted molar refractivity (Wildman–Crippen MR) is 109 cm³/mol. The fraction of sp³-hybridized carbons (Fsp3) is 0.333. The molecule has 0 bridgehead atoms. The molecule has 1 aromatic heterocycles. The molecular formula is C18H22N4O5S2. The van der Waals surface area contributed by atoms with Crippen LogP contribution in [0.1, 0.15) is 11.4 Å². The summed E-state index contributed by atoms with van der Waals surface area (Å²) in [6.07, 6.45) is 0. The summed E-state index contributed by atoms with van der Waals surface area (Å²) in [4.78, 5) is 32.3. The van der Waals surface area contributed by atoms with E-state index in [0.717, 1.165) is 27.5 Å². The number of aromatic nitrogens is 2. The Morgan fingerprint density at radius 1 is 1.14 bits per heavy atom. The number of esters is 1. The van der Waals surface area contributed by atoms with Gasteiger partial charge in [0, 0.05) is 31.2 Å². The Labute approximate surface area is 173 Å². The zero-order valence-corrected chi connectivity index (χ0v) is 18.1. The molecule has 11 heteroatoms.